The van der Waals surface area contributed by atoms with Crippen molar-refractivity contribution in [1.82, 2.24) is 14.5 Å². The summed E-state index contributed by atoms with van der Waals surface area (Å²) in [6.45, 7) is 6.35. The number of hydrogen-bond acceptors (Lipinski definition) is 3. The summed E-state index contributed by atoms with van der Waals surface area (Å²) in [7, 11) is 0. The van der Waals surface area contributed by atoms with Crippen molar-refractivity contribution in [3.8, 4) is 5.69 Å². The van der Waals surface area contributed by atoms with Crippen LogP contribution in [0.1, 0.15) is 61.4 Å². The third-order valence-electron chi connectivity index (χ3n) is 6.37. The van der Waals surface area contributed by atoms with E-state index >= 15 is 0 Å². The summed E-state index contributed by atoms with van der Waals surface area (Å²) in [6, 6.07) is 20.4. The molecule has 4 aromatic rings. The summed E-state index contributed by atoms with van der Waals surface area (Å²) in [5.41, 5.74) is 2.14. The van der Waals surface area contributed by atoms with Crippen molar-refractivity contribution in [1.29, 1.82) is 0 Å². The first-order valence-electron chi connectivity index (χ1n) is 12.1. The molecule has 0 spiro atoms. The van der Waals surface area contributed by atoms with Crippen LogP contribution in [-0.2, 0) is 6.42 Å². The normalized spacial score (nSPS) is 12.0. The van der Waals surface area contributed by atoms with Crippen LogP contribution < -0.4 is 5.56 Å². The highest BCUT2D eigenvalue weighted by molar-refractivity contribution is 5.94. The number of nitrogens with zero attached hydrogens (tertiary/aromatic N) is 3. The van der Waals surface area contributed by atoms with Gasteiger partial charge in [0.15, 0.2) is 0 Å². The van der Waals surface area contributed by atoms with Crippen molar-refractivity contribution in [3.63, 3.8) is 0 Å². The van der Waals surface area contributed by atoms with Crippen LogP contribution in [0.2, 0.25) is 0 Å². The second-order valence-corrected chi connectivity index (χ2v) is 8.62. The zero-order chi connectivity index (χ0) is 24.9. The summed E-state index contributed by atoms with van der Waals surface area (Å²) >= 11 is 0. The molecule has 0 saturated heterocycles. The molecule has 0 N–H and O–H groups in total. The Labute approximate surface area is 204 Å². The fourth-order valence-electron chi connectivity index (χ4n) is 4.42. The molecule has 0 saturated carbocycles. The number of amides is 1. The number of benzene rings is 3. The molecule has 0 aliphatic carbocycles. The Morgan fingerprint density at radius 1 is 1.00 bits per heavy atom. The van der Waals surface area contributed by atoms with Gasteiger partial charge in [-0.3, -0.25) is 14.2 Å². The van der Waals surface area contributed by atoms with Crippen LogP contribution in [0.5, 0.6) is 0 Å². The maximum absolute atomic E-state index is 14.6. The van der Waals surface area contributed by atoms with Gasteiger partial charge < -0.3 is 4.90 Å². The molecule has 1 unspecified atom stereocenters. The van der Waals surface area contributed by atoms with Crippen LogP contribution in [0.3, 0.4) is 0 Å². The molecule has 1 atom stereocenters. The molecular formula is C29H30FN3O2. The van der Waals surface area contributed by atoms with Crippen molar-refractivity contribution in [2.75, 3.05) is 6.54 Å². The van der Waals surface area contributed by atoms with Crippen molar-refractivity contribution in [2.45, 2.75) is 46.1 Å². The smallest absolute Gasteiger partial charge is 0.266 e. The van der Waals surface area contributed by atoms with E-state index in [1.165, 1.54) is 12.1 Å². The van der Waals surface area contributed by atoms with Gasteiger partial charge in [-0.2, -0.15) is 0 Å². The maximum Gasteiger partial charge on any atom is 0.266 e. The zero-order valence-electron chi connectivity index (χ0n) is 20.4. The predicted molar refractivity (Wildman–Crippen MR) is 137 cm³/mol. The van der Waals surface area contributed by atoms with E-state index in [1.54, 1.807) is 33.7 Å². The molecule has 35 heavy (non-hydrogen) atoms. The highest BCUT2D eigenvalue weighted by Gasteiger charge is 2.29. The monoisotopic (exact) mass is 471 g/mol. The van der Waals surface area contributed by atoms with E-state index in [0.717, 1.165) is 30.5 Å². The zero-order valence-corrected chi connectivity index (χ0v) is 20.4. The Kier molecular flexibility index (Phi) is 7.39. The molecule has 3 aromatic carbocycles. The fraction of sp³-hybridized carbons (Fsp3) is 0.276. The molecule has 5 nitrogen and oxygen atoms in total. The predicted octanol–water partition coefficient (Wildman–Crippen LogP) is 6.09. The van der Waals surface area contributed by atoms with Crippen LogP contribution in [0.15, 0.2) is 77.6 Å². The van der Waals surface area contributed by atoms with Gasteiger partial charge in [0, 0.05) is 6.54 Å². The number of halogens is 1. The van der Waals surface area contributed by atoms with E-state index in [0.29, 0.717) is 23.3 Å². The van der Waals surface area contributed by atoms with Crippen LogP contribution in [-0.4, -0.2) is 26.9 Å². The number of para-hydroxylation sites is 2. The fourth-order valence-corrected chi connectivity index (χ4v) is 4.42. The molecule has 1 aromatic heterocycles. The number of aromatic nitrogens is 2. The lowest BCUT2D eigenvalue weighted by Gasteiger charge is -2.31. The summed E-state index contributed by atoms with van der Waals surface area (Å²) in [5, 5.41) is 0.509. The number of unbranched alkanes of at least 4 members (excludes halogenated alkanes) is 1. The Balaban J connectivity index is 1.95. The lowest BCUT2D eigenvalue weighted by Crippen LogP contribution is -2.38. The number of carbonyl (C=O) groups is 1. The third-order valence-corrected chi connectivity index (χ3v) is 6.37. The number of hydrogen-bond donors (Lipinski definition) is 0. The van der Waals surface area contributed by atoms with Crippen LogP contribution >= 0.6 is 0 Å². The van der Waals surface area contributed by atoms with Gasteiger partial charge in [0.25, 0.3) is 11.5 Å². The van der Waals surface area contributed by atoms with Gasteiger partial charge in [0.2, 0.25) is 0 Å². The Bertz CT molecular complexity index is 1410. The maximum atomic E-state index is 14.6. The van der Waals surface area contributed by atoms with E-state index in [2.05, 4.69) is 0 Å². The molecule has 0 aliphatic rings. The topological polar surface area (TPSA) is 55.2 Å². The molecule has 0 bridgehead atoms. The van der Waals surface area contributed by atoms with E-state index < -0.39 is 17.8 Å². The highest BCUT2D eigenvalue weighted by atomic mass is 19.1. The van der Waals surface area contributed by atoms with Crippen molar-refractivity contribution >= 4 is 16.8 Å². The number of fused-ring (bicyclic) bond motifs is 1. The van der Waals surface area contributed by atoms with Crippen LogP contribution in [0, 0.1) is 5.82 Å². The van der Waals surface area contributed by atoms with Gasteiger partial charge in [-0.1, -0.05) is 62.7 Å². The average Bonchev–Trinajstić information content (AvgIpc) is 2.89. The molecule has 180 valence electrons. The molecule has 0 fully saturated rings. The summed E-state index contributed by atoms with van der Waals surface area (Å²) in [4.78, 5) is 33.9. The largest absolute Gasteiger partial charge is 0.329 e. The average molecular weight is 472 g/mol. The minimum absolute atomic E-state index is 0.0131. The lowest BCUT2D eigenvalue weighted by molar-refractivity contribution is 0.0673. The first kappa shape index (κ1) is 24.3. The quantitative estimate of drug-likeness (QED) is 0.312. The Morgan fingerprint density at radius 2 is 1.69 bits per heavy atom. The first-order valence-corrected chi connectivity index (χ1v) is 12.1. The van der Waals surface area contributed by atoms with Crippen LogP contribution in [0.4, 0.5) is 4.39 Å². The molecule has 1 amide bonds. The summed E-state index contributed by atoms with van der Waals surface area (Å²) < 4.78 is 16.2. The van der Waals surface area contributed by atoms with Gasteiger partial charge >= 0.3 is 0 Å². The SMILES string of the molecule is CCCCN(C(=O)c1ccccc1F)C(C)c1nc2ccccc2c(=O)n1-c1ccccc1CC. The van der Waals surface area contributed by atoms with Gasteiger partial charge in [-0.25, -0.2) is 9.37 Å². The molecule has 0 aliphatic heterocycles. The van der Waals surface area contributed by atoms with Gasteiger partial charge in [0.05, 0.1) is 28.2 Å². The first-order chi connectivity index (χ1) is 17.0. The second kappa shape index (κ2) is 10.6. The van der Waals surface area contributed by atoms with E-state index in [1.807, 2.05) is 57.2 Å². The van der Waals surface area contributed by atoms with Crippen molar-refractivity contribution in [3.05, 3.63) is 106 Å². The van der Waals surface area contributed by atoms with Gasteiger partial charge in [-0.15, -0.1) is 0 Å². The molecule has 4 rings (SSSR count). The van der Waals surface area contributed by atoms with Gasteiger partial charge in [0.1, 0.15) is 11.6 Å². The standard InChI is InChI=1S/C29H30FN3O2/c1-4-6-19-32(28(34)22-14-8-10-16-24(22)30)20(3)27-31-25-17-11-9-15-23(25)29(35)33(27)26-18-12-7-13-21(26)5-2/h7-18,20H,4-6,19H2,1-3H3. The number of aryl methyl sites for hydroxylation is 1. The van der Waals surface area contributed by atoms with Crippen molar-refractivity contribution in [2.24, 2.45) is 0 Å². The number of carbonyl (C=O) groups excluding carboxylic acids is 1. The molecule has 1 heterocycles. The Morgan fingerprint density at radius 3 is 2.43 bits per heavy atom. The molecular weight excluding hydrogens is 441 g/mol. The second-order valence-electron chi connectivity index (χ2n) is 8.62. The Hall–Kier alpha value is -3.80. The third kappa shape index (κ3) is 4.74. The van der Waals surface area contributed by atoms with Gasteiger partial charge in [-0.05, 0) is 55.7 Å². The highest BCUT2D eigenvalue weighted by Crippen LogP contribution is 2.27. The minimum atomic E-state index is -0.573. The summed E-state index contributed by atoms with van der Waals surface area (Å²) in [6.07, 6.45) is 2.34. The summed E-state index contributed by atoms with van der Waals surface area (Å²) in [5.74, 6) is -0.524. The molecule has 6 heteroatoms. The van der Waals surface area contributed by atoms with E-state index in [4.69, 9.17) is 4.98 Å². The minimum Gasteiger partial charge on any atom is -0.329 e. The molecule has 0 radical (unpaired) electrons. The van der Waals surface area contributed by atoms with E-state index in [9.17, 15) is 14.0 Å². The van der Waals surface area contributed by atoms with Crippen LogP contribution in [0.25, 0.3) is 16.6 Å². The lowest BCUT2D eigenvalue weighted by atomic mass is 10.1. The van der Waals surface area contributed by atoms with Crippen molar-refractivity contribution < 1.29 is 9.18 Å². The van der Waals surface area contributed by atoms with E-state index in [-0.39, 0.29) is 11.1 Å². The number of rotatable bonds is 8.